The number of aryl methyl sites for hydroxylation is 2. The van der Waals surface area contributed by atoms with Gasteiger partial charge in [0.25, 0.3) is 0 Å². The van der Waals surface area contributed by atoms with Crippen LogP contribution in [0.5, 0.6) is 0 Å². The van der Waals surface area contributed by atoms with Gasteiger partial charge < -0.3 is 4.74 Å². The van der Waals surface area contributed by atoms with Gasteiger partial charge in [-0.15, -0.1) is 0 Å². The lowest BCUT2D eigenvalue weighted by Crippen LogP contribution is -2.23. The Hall–Kier alpha value is -2.37. The topological polar surface area (TPSA) is 70.3 Å². The molecule has 0 bridgehead atoms. The molecule has 3 rings (SSSR count). The van der Waals surface area contributed by atoms with Gasteiger partial charge in [-0.25, -0.2) is 14.4 Å². The second-order valence-corrected chi connectivity index (χ2v) is 4.33. The molecule has 2 heterocycles. The van der Waals surface area contributed by atoms with Crippen LogP contribution < -0.4 is 5.69 Å². The molecule has 1 aromatic heterocycles. The van der Waals surface area contributed by atoms with Gasteiger partial charge in [-0.2, -0.15) is 0 Å². The van der Waals surface area contributed by atoms with E-state index in [4.69, 9.17) is 0 Å². The predicted molar refractivity (Wildman–Crippen MR) is 67.3 cm³/mol. The molecule has 0 atom stereocenters. The molecule has 0 spiro atoms. The number of hydrogen-bond donors (Lipinski definition) is 0. The first-order valence-corrected chi connectivity index (χ1v) is 6.12. The van der Waals surface area contributed by atoms with Gasteiger partial charge in [-0.1, -0.05) is 0 Å². The molecule has 0 N–H and O–H groups in total. The molecule has 1 aliphatic heterocycles. The summed E-state index contributed by atoms with van der Waals surface area (Å²) in [6.07, 6.45) is 0. The zero-order chi connectivity index (χ0) is 13.7. The molecule has 2 aromatic rings. The van der Waals surface area contributed by atoms with E-state index in [1.807, 2.05) is 13.8 Å². The monoisotopic (exact) mass is 260 g/mol. The largest absolute Gasteiger partial charge is 0.386 e. The molecule has 0 saturated heterocycles. The van der Waals surface area contributed by atoms with Crippen molar-refractivity contribution in [2.75, 3.05) is 0 Å². The molecule has 1 aromatic carbocycles. The summed E-state index contributed by atoms with van der Waals surface area (Å²) in [5.74, 6) is -1.30. The van der Waals surface area contributed by atoms with Crippen molar-refractivity contribution in [2.24, 2.45) is 0 Å². The third-order valence-electron chi connectivity index (χ3n) is 3.42. The molecule has 98 valence electrons. The van der Waals surface area contributed by atoms with E-state index in [2.05, 4.69) is 4.74 Å². The quantitative estimate of drug-likeness (QED) is 0.600. The maximum Gasteiger partial charge on any atom is 0.346 e. The first-order chi connectivity index (χ1) is 9.08. The van der Waals surface area contributed by atoms with Crippen molar-refractivity contribution in [3.63, 3.8) is 0 Å². The summed E-state index contributed by atoms with van der Waals surface area (Å²) in [5, 5.41) is 0. The molecule has 0 amide bonds. The number of imidazole rings is 1. The highest BCUT2D eigenvalue weighted by molar-refractivity contribution is 6.16. The van der Waals surface area contributed by atoms with Crippen LogP contribution in [0.25, 0.3) is 11.0 Å². The maximum atomic E-state index is 12.2. The van der Waals surface area contributed by atoms with E-state index in [1.165, 1.54) is 0 Å². The highest BCUT2D eigenvalue weighted by atomic mass is 16.6. The number of ether oxygens (including phenoxy) is 1. The number of aromatic nitrogens is 2. The van der Waals surface area contributed by atoms with Crippen molar-refractivity contribution in [3.8, 4) is 0 Å². The average Bonchev–Trinajstić information content (AvgIpc) is 2.81. The molecule has 0 unspecified atom stereocenters. The van der Waals surface area contributed by atoms with Gasteiger partial charge >= 0.3 is 17.6 Å². The van der Waals surface area contributed by atoms with Crippen molar-refractivity contribution < 1.29 is 14.3 Å². The van der Waals surface area contributed by atoms with Gasteiger partial charge in [0, 0.05) is 13.1 Å². The highest BCUT2D eigenvalue weighted by Gasteiger charge is 2.31. The minimum Gasteiger partial charge on any atom is -0.386 e. The summed E-state index contributed by atoms with van der Waals surface area (Å²) in [5.41, 5.74) is 1.63. The van der Waals surface area contributed by atoms with E-state index in [1.54, 1.807) is 21.3 Å². The fraction of sp³-hybridized carbons (Fsp3) is 0.308. The van der Waals surface area contributed by atoms with Gasteiger partial charge in [0.15, 0.2) is 0 Å². The molecular weight excluding hydrogens is 248 g/mol. The van der Waals surface area contributed by atoms with Crippen LogP contribution in [0.4, 0.5) is 0 Å². The van der Waals surface area contributed by atoms with Crippen LogP contribution in [0.15, 0.2) is 16.9 Å². The van der Waals surface area contributed by atoms with E-state index in [9.17, 15) is 14.4 Å². The van der Waals surface area contributed by atoms with Gasteiger partial charge in [0.2, 0.25) is 0 Å². The van der Waals surface area contributed by atoms with Crippen LogP contribution >= 0.6 is 0 Å². The summed E-state index contributed by atoms with van der Waals surface area (Å²) < 4.78 is 7.73. The molecule has 19 heavy (non-hydrogen) atoms. The van der Waals surface area contributed by atoms with Crippen LogP contribution in [0.1, 0.15) is 34.6 Å². The van der Waals surface area contributed by atoms with Crippen LogP contribution in [0.3, 0.4) is 0 Å². The third kappa shape index (κ3) is 1.39. The molecule has 1 aliphatic rings. The summed E-state index contributed by atoms with van der Waals surface area (Å²) >= 11 is 0. The molecule has 0 aliphatic carbocycles. The lowest BCUT2D eigenvalue weighted by atomic mass is 10.1. The smallest absolute Gasteiger partial charge is 0.346 e. The Bertz CT molecular complexity index is 720. The highest BCUT2D eigenvalue weighted by Crippen LogP contribution is 2.25. The van der Waals surface area contributed by atoms with Gasteiger partial charge in [0.05, 0.1) is 22.2 Å². The van der Waals surface area contributed by atoms with E-state index < -0.39 is 11.9 Å². The van der Waals surface area contributed by atoms with Gasteiger partial charge in [0.1, 0.15) is 0 Å². The number of esters is 2. The SMILES string of the molecule is CCn1c(=O)n(CC)c2cc3c(cc21)C(=O)OC3=O. The Morgan fingerprint density at radius 2 is 1.32 bits per heavy atom. The first-order valence-electron chi connectivity index (χ1n) is 6.12. The van der Waals surface area contributed by atoms with Crippen LogP contribution in [0, 0.1) is 0 Å². The molecular formula is C13H12N2O4. The fourth-order valence-electron chi connectivity index (χ4n) is 2.50. The van der Waals surface area contributed by atoms with Crippen LogP contribution in [0.2, 0.25) is 0 Å². The predicted octanol–water partition coefficient (Wildman–Crippen LogP) is 1.15. The molecule has 6 nitrogen and oxygen atoms in total. The van der Waals surface area contributed by atoms with E-state index in [0.29, 0.717) is 24.1 Å². The van der Waals surface area contributed by atoms with Crippen molar-refractivity contribution >= 4 is 23.0 Å². The zero-order valence-corrected chi connectivity index (χ0v) is 10.6. The van der Waals surface area contributed by atoms with Crippen molar-refractivity contribution in [3.05, 3.63) is 33.7 Å². The molecule has 0 radical (unpaired) electrons. The summed E-state index contributed by atoms with van der Waals surface area (Å²) in [6.45, 7) is 4.73. The minimum atomic E-state index is -0.652. The Kier molecular flexibility index (Phi) is 2.35. The van der Waals surface area contributed by atoms with Crippen LogP contribution in [-0.2, 0) is 17.8 Å². The number of benzene rings is 1. The summed E-state index contributed by atoms with van der Waals surface area (Å²) in [4.78, 5) is 35.3. The standard InChI is InChI=1S/C13H12N2O4/c1-3-14-9-5-7-8(12(17)19-11(7)16)6-10(9)15(4-2)13(14)18/h5-6H,3-4H2,1-2H3. The van der Waals surface area contributed by atoms with E-state index in [-0.39, 0.29) is 16.8 Å². The van der Waals surface area contributed by atoms with E-state index in [0.717, 1.165) is 0 Å². The Balaban J connectivity index is 2.46. The first kappa shape index (κ1) is 11.7. The molecule has 6 heteroatoms. The fourth-order valence-corrected chi connectivity index (χ4v) is 2.50. The van der Waals surface area contributed by atoms with E-state index >= 15 is 0 Å². The van der Waals surface area contributed by atoms with Crippen molar-refractivity contribution in [1.82, 2.24) is 9.13 Å². The number of carbonyl (C=O) groups excluding carboxylic acids is 2. The second-order valence-electron chi connectivity index (χ2n) is 4.33. The number of nitrogens with zero attached hydrogens (tertiary/aromatic N) is 2. The Morgan fingerprint density at radius 1 is 0.895 bits per heavy atom. The Labute approximate surface area is 108 Å². The van der Waals surface area contributed by atoms with Gasteiger partial charge in [-0.05, 0) is 26.0 Å². The normalized spacial score (nSPS) is 14.0. The third-order valence-corrected chi connectivity index (χ3v) is 3.42. The minimum absolute atomic E-state index is 0.135. The summed E-state index contributed by atoms with van der Waals surface area (Å²) in [6, 6.07) is 3.13. The van der Waals surface area contributed by atoms with Crippen molar-refractivity contribution in [2.45, 2.75) is 26.9 Å². The Morgan fingerprint density at radius 3 is 1.68 bits per heavy atom. The average molecular weight is 260 g/mol. The molecule has 0 saturated carbocycles. The lowest BCUT2D eigenvalue weighted by Gasteiger charge is -1.99. The number of hydrogen-bond acceptors (Lipinski definition) is 4. The van der Waals surface area contributed by atoms with Crippen LogP contribution in [-0.4, -0.2) is 21.1 Å². The lowest BCUT2D eigenvalue weighted by molar-refractivity contribution is 0.0444. The zero-order valence-electron chi connectivity index (χ0n) is 10.6. The number of rotatable bonds is 2. The maximum absolute atomic E-state index is 12.2. The summed E-state index contributed by atoms with van der Waals surface area (Å²) in [7, 11) is 0. The second kappa shape index (κ2) is 3.81. The number of carbonyl (C=O) groups is 2. The number of cyclic esters (lactones) is 2. The van der Waals surface area contributed by atoms with Gasteiger partial charge in [-0.3, -0.25) is 9.13 Å². The number of fused-ring (bicyclic) bond motifs is 2. The molecule has 0 fully saturated rings. The van der Waals surface area contributed by atoms with Crippen molar-refractivity contribution in [1.29, 1.82) is 0 Å².